The molecule has 12 nitrogen and oxygen atoms in total. The topological polar surface area (TPSA) is 186 Å². The Hall–Kier alpha value is -3.95. The Bertz CT molecular complexity index is 1640. The van der Waals surface area contributed by atoms with E-state index in [9.17, 15) is 37.9 Å². The lowest BCUT2D eigenvalue weighted by Crippen LogP contribution is -2.60. The van der Waals surface area contributed by atoms with E-state index in [2.05, 4.69) is 105 Å². The molecule has 4 N–H and O–H groups in total. The molecule has 2 unspecified atom stereocenters. The summed E-state index contributed by atoms with van der Waals surface area (Å²) < 4.78 is 53.9. The Kier molecular flexibility index (Phi) is 35.8. The maximum atomic E-state index is 12.8. The van der Waals surface area contributed by atoms with E-state index in [-0.39, 0.29) is 19.4 Å². The second-order valence-corrected chi connectivity index (χ2v) is 16.8. The van der Waals surface area contributed by atoms with Crippen molar-refractivity contribution in [3.8, 4) is 0 Å². The second-order valence-electron chi connectivity index (χ2n) is 15.3. The molecule has 0 saturated carbocycles. The highest BCUT2D eigenvalue weighted by Crippen LogP contribution is 2.23. The van der Waals surface area contributed by atoms with Crippen molar-refractivity contribution in [2.75, 3.05) is 19.0 Å². The van der Waals surface area contributed by atoms with Gasteiger partial charge in [-0.2, -0.15) is 8.42 Å². The van der Waals surface area contributed by atoms with Crippen LogP contribution in [0.5, 0.6) is 0 Å². The predicted molar refractivity (Wildman–Crippen MR) is 256 cm³/mol. The molecule has 0 spiro atoms. The quantitative estimate of drug-likeness (QED) is 0.0202. The zero-order valence-corrected chi connectivity index (χ0v) is 39.1. The van der Waals surface area contributed by atoms with Gasteiger partial charge in [0.25, 0.3) is 10.1 Å². The van der Waals surface area contributed by atoms with Crippen molar-refractivity contribution in [3.05, 3.63) is 122 Å². The summed E-state index contributed by atoms with van der Waals surface area (Å²) >= 11 is 0. The summed E-state index contributed by atoms with van der Waals surface area (Å²) in [6.45, 7) is 3.49. The number of unbranched alkanes of at least 4 members (excludes halogenated alkanes) is 4. The van der Waals surface area contributed by atoms with Gasteiger partial charge < -0.3 is 34.3 Å². The highest BCUT2D eigenvalue weighted by molar-refractivity contribution is 7.85. The number of esters is 2. The molecule has 1 fully saturated rings. The summed E-state index contributed by atoms with van der Waals surface area (Å²) in [7, 11) is -4.63. The van der Waals surface area contributed by atoms with Crippen molar-refractivity contribution < 1.29 is 56.8 Å². The minimum atomic E-state index is -4.63. The van der Waals surface area contributed by atoms with Gasteiger partial charge >= 0.3 is 11.9 Å². The molecule has 1 heterocycles. The van der Waals surface area contributed by atoms with E-state index in [1.54, 1.807) is 0 Å². The zero-order valence-electron chi connectivity index (χ0n) is 38.3. The van der Waals surface area contributed by atoms with E-state index in [1.807, 2.05) is 30.4 Å². The van der Waals surface area contributed by atoms with Crippen molar-refractivity contribution in [2.45, 2.75) is 166 Å². The van der Waals surface area contributed by atoms with Crippen LogP contribution in [-0.4, -0.2) is 96.0 Å². The summed E-state index contributed by atoms with van der Waals surface area (Å²) in [5.74, 6) is -2.19. The average Bonchev–Trinajstić information content (AvgIpc) is 3.26. The van der Waals surface area contributed by atoms with Crippen molar-refractivity contribution >= 4 is 22.1 Å². The average molecular weight is 915 g/mol. The molecule has 1 saturated heterocycles. The van der Waals surface area contributed by atoms with Gasteiger partial charge in [-0.15, -0.1) is 0 Å². The molecule has 64 heavy (non-hydrogen) atoms. The first-order chi connectivity index (χ1) is 31.0. The van der Waals surface area contributed by atoms with Crippen molar-refractivity contribution in [1.29, 1.82) is 0 Å². The Morgan fingerprint density at radius 3 is 1.47 bits per heavy atom. The molecule has 1 aliphatic rings. The smallest absolute Gasteiger partial charge is 0.306 e. The van der Waals surface area contributed by atoms with Gasteiger partial charge in [-0.05, 0) is 89.9 Å². The van der Waals surface area contributed by atoms with E-state index >= 15 is 0 Å². The number of allylic oxidation sites excluding steroid dienone is 20. The third-order valence-corrected chi connectivity index (χ3v) is 10.3. The molecular weight excluding hydrogens is 837 g/mol. The Morgan fingerprint density at radius 1 is 0.547 bits per heavy atom. The fourth-order valence-electron chi connectivity index (χ4n) is 5.99. The number of carbonyl (C=O) groups excluding carboxylic acids is 2. The van der Waals surface area contributed by atoms with Gasteiger partial charge in [0.2, 0.25) is 0 Å². The molecular formula is C51H78O12S. The molecule has 0 aliphatic carbocycles. The molecule has 0 bridgehead atoms. The number of carbonyl (C=O) groups is 2. The van der Waals surface area contributed by atoms with Gasteiger partial charge in [-0.3, -0.25) is 14.1 Å². The minimum absolute atomic E-state index is 0.0645. The molecule has 0 aromatic carbocycles. The van der Waals surface area contributed by atoms with Crippen LogP contribution in [0.15, 0.2) is 122 Å². The Labute approximate surface area is 384 Å². The molecule has 1 aliphatic heterocycles. The van der Waals surface area contributed by atoms with E-state index in [0.29, 0.717) is 25.7 Å². The van der Waals surface area contributed by atoms with Crippen LogP contribution in [-0.2, 0) is 38.7 Å². The molecule has 6 atom stereocenters. The van der Waals surface area contributed by atoms with Crippen LogP contribution >= 0.6 is 0 Å². The standard InChI is InChI=1S/C51H78O12S/c1-3-5-7-9-11-13-15-17-19-21-22-24-25-27-29-31-33-35-37-39-46(52)60-41-44(42-61-51-50(56)49(55)48(54)45(63-51)43-64(57,58)59)62-47(53)40-38-36-34-32-30-28-26-23-20-18-16-14-12-10-8-6-4-2/h5,7,11-14,17-20,22,24,26-29,32-35,44-45,48-51,54-56H,3-4,6,8-10,15-16,21,23,25,30-31,36-43H2,1-2H3,(H,57,58,59)/b7-5+,13-11+,14-12+,19-17+,20-18+,24-22+,28-26+,29-27+,34-32+,35-33+/t44-,45-,48-,49?,50?,51+/m1/s1. The molecule has 0 aromatic heterocycles. The van der Waals surface area contributed by atoms with Gasteiger partial charge in [0.15, 0.2) is 12.4 Å². The van der Waals surface area contributed by atoms with Crippen molar-refractivity contribution in [1.82, 2.24) is 0 Å². The number of hydrogen-bond donors (Lipinski definition) is 4. The van der Waals surface area contributed by atoms with Crippen molar-refractivity contribution in [2.24, 2.45) is 0 Å². The fourth-order valence-corrected chi connectivity index (χ4v) is 6.68. The largest absolute Gasteiger partial charge is 0.462 e. The first kappa shape index (κ1) is 58.1. The number of aliphatic hydroxyl groups excluding tert-OH is 3. The molecule has 13 heteroatoms. The normalized spacial score (nSPS) is 20.8. The van der Waals surface area contributed by atoms with Gasteiger partial charge in [0.05, 0.1) is 6.61 Å². The third-order valence-electron chi connectivity index (χ3n) is 9.54. The van der Waals surface area contributed by atoms with E-state index in [4.69, 9.17) is 18.9 Å². The SMILES string of the molecule is CC/C=C/C/C=C/C/C=C/C/C=C/C/C=C/C/C=C/CCC(=O)OC[C@H](CO[C@H]1O[C@H](CS(=O)(=O)O)[C@@H](O)C(O)C1O)OC(=O)CCC/C=C/C/C=C/C/C=C/C/C=C/CCCCC. The molecule has 360 valence electrons. The van der Waals surface area contributed by atoms with Crippen LogP contribution in [0.2, 0.25) is 0 Å². The highest BCUT2D eigenvalue weighted by atomic mass is 32.2. The highest BCUT2D eigenvalue weighted by Gasteiger charge is 2.46. The van der Waals surface area contributed by atoms with Crippen LogP contribution < -0.4 is 0 Å². The lowest BCUT2D eigenvalue weighted by Gasteiger charge is -2.40. The van der Waals surface area contributed by atoms with Crippen LogP contribution in [0.3, 0.4) is 0 Å². The first-order valence-corrected chi connectivity index (χ1v) is 24.7. The predicted octanol–water partition coefficient (Wildman–Crippen LogP) is 9.78. The van der Waals surface area contributed by atoms with Crippen molar-refractivity contribution in [3.63, 3.8) is 0 Å². The number of hydrogen-bond acceptors (Lipinski definition) is 11. The van der Waals surface area contributed by atoms with Crippen LogP contribution in [0.4, 0.5) is 0 Å². The lowest BCUT2D eigenvalue weighted by atomic mass is 10.00. The number of rotatable bonds is 36. The first-order valence-electron chi connectivity index (χ1n) is 23.1. The summed E-state index contributed by atoms with van der Waals surface area (Å²) in [4.78, 5) is 25.4. The summed E-state index contributed by atoms with van der Waals surface area (Å²) in [5, 5.41) is 30.9. The third kappa shape index (κ3) is 33.5. The summed E-state index contributed by atoms with van der Waals surface area (Å²) in [5.41, 5.74) is 0. The van der Waals surface area contributed by atoms with Gasteiger partial charge in [0, 0.05) is 12.8 Å². The zero-order chi connectivity index (χ0) is 46.9. The number of aliphatic hydroxyl groups is 3. The second kappa shape index (κ2) is 39.4. The fraction of sp³-hybridized carbons (Fsp3) is 0.569. The monoisotopic (exact) mass is 915 g/mol. The Morgan fingerprint density at radius 2 is 1.00 bits per heavy atom. The maximum Gasteiger partial charge on any atom is 0.306 e. The number of ether oxygens (including phenoxy) is 4. The summed E-state index contributed by atoms with van der Waals surface area (Å²) in [6.07, 6.45) is 46.9. The van der Waals surface area contributed by atoms with Gasteiger partial charge in [-0.1, -0.05) is 148 Å². The van der Waals surface area contributed by atoms with E-state index in [1.165, 1.54) is 19.3 Å². The minimum Gasteiger partial charge on any atom is -0.462 e. The molecule has 0 amide bonds. The van der Waals surface area contributed by atoms with Crippen LogP contribution in [0, 0.1) is 0 Å². The van der Waals surface area contributed by atoms with Crippen LogP contribution in [0.25, 0.3) is 0 Å². The van der Waals surface area contributed by atoms with E-state index in [0.717, 1.165) is 57.8 Å². The van der Waals surface area contributed by atoms with Gasteiger partial charge in [0.1, 0.15) is 36.8 Å². The van der Waals surface area contributed by atoms with Gasteiger partial charge in [-0.25, -0.2) is 0 Å². The van der Waals surface area contributed by atoms with Crippen LogP contribution in [0.1, 0.15) is 129 Å². The maximum absolute atomic E-state index is 12.8. The molecule has 0 radical (unpaired) electrons. The summed E-state index contributed by atoms with van der Waals surface area (Å²) in [6, 6.07) is 0. The molecule has 1 rings (SSSR count). The molecule has 0 aromatic rings. The lowest BCUT2D eigenvalue weighted by molar-refractivity contribution is -0.297. The van der Waals surface area contributed by atoms with E-state index < -0.39 is 71.2 Å². The Balaban J connectivity index is 2.55.